The number of hydrogen-bond acceptors (Lipinski definition) is 7. The summed E-state index contributed by atoms with van der Waals surface area (Å²) in [6.07, 6.45) is 0.659. The van der Waals surface area contributed by atoms with Crippen LogP contribution in [0.4, 0.5) is 5.69 Å². The number of aliphatic carboxylic acids is 1. The van der Waals surface area contributed by atoms with Crippen LogP contribution < -0.4 is 20.1 Å². The molecule has 4 aliphatic heterocycles. The molecule has 0 unspecified atom stereocenters. The van der Waals surface area contributed by atoms with E-state index in [4.69, 9.17) is 9.47 Å². The Bertz CT molecular complexity index is 1320. The highest BCUT2D eigenvalue weighted by molar-refractivity contribution is 6.15. The van der Waals surface area contributed by atoms with E-state index in [0.717, 1.165) is 12.0 Å². The van der Waals surface area contributed by atoms with Crippen molar-refractivity contribution in [3.05, 3.63) is 53.1 Å². The molecule has 0 aliphatic carbocycles. The molecule has 6 rings (SSSR count). The lowest BCUT2D eigenvalue weighted by molar-refractivity contribution is -0.144. The second-order valence-corrected chi connectivity index (χ2v) is 9.63. The minimum atomic E-state index is -1.44. The summed E-state index contributed by atoms with van der Waals surface area (Å²) in [5.41, 5.74) is 1.47. The van der Waals surface area contributed by atoms with Gasteiger partial charge in [-0.2, -0.15) is 0 Å². The fourth-order valence-electron chi connectivity index (χ4n) is 6.03. The van der Waals surface area contributed by atoms with Gasteiger partial charge in [-0.25, -0.2) is 0 Å². The van der Waals surface area contributed by atoms with Crippen LogP contribution in [0.25, 0.3) is 0 Å². The maximum atomic E-state index is 13.9. The number of amides is 3. The zero-order valence-electron chi connectivity index (χ0n) is 19.6. The van der Waals surface area contributed by atoms with E-state index in [9.17, 15) is 24.3 Å². The number of hydrogen-bond donors (Lipinski definition) is 3. The molecule has 3 amide bonds. The van der Waals surface area contributed by atoms with E-state index in [2.05, 4.69) is 10.6 Å². The molecule has 10 heteroatoms. The van der Waals surface area contributed by atoms with Crippen LogP contribution in [0.15, 0.2) is 36.4 Å². The van der Waals surface area contributed by atoms with Gasteiger partial charge in [-0.05, 0) is 42.2 Å². The first kappa shape index (κ1) is 22.5. The van der Waals surface area contributed by atoms with Crippen molar-refractivity contribution in [3.63, 3.8) is 0 Å². The van der Waals surface area contributed by atoms with E-state index < -0.39 is 47.1 Å². The number of imide groups is 1. The van der Waals surface area contributed by atoms with Crippen LogP contribution in [-0.4, -0.2) is 46.5 Å². The van der Waals surface area contributed by atoms with Crippen molar-refractivity contribution in [2.75, 3.05) is 12.1 Å². The molecule has 4 aliphatic rings. The molecule has 0 aromatic heterocycles. The quantitative estimate of drug-likeness (QED) is 0.521. The second-order valence-electron chi connectivity index (χ2n) is 9.63. The van der Waals surface area contributed by atoms with Crippen molar-refractivity contribution < 1.29 is 33.8 Å². The van der Waals surface area contributed by atoms with Crippen molar-refractivity contribution in [3.8, 4) is 11.5 Å². The number of carboxylic acid groups (broad SMARTS) is 1. The number of nitrogens with zero attached hydrogens (tertiary/aromatic N) is 1. The van der Waals surface area contributed by atoms with E-state index >= 15 is 0 Å². The lowest BCUT2D eigenvalue weighted by atomic mass is 9.76. The predicted octanol–water partition coefficient (Wildman–Crippen LogP) is 1.76. The summed E-state index contributed by atoms with van der Waals surface area (Å²) in [4.78, 5) is 53.7. The Hall–Kier alpha value is -3.92. The maximum Gasteiger partial charge on any atom is 0.303 e. The molecule has 36 heavy (non-hydrogen) atoms. The number of anilines is 1. The monoisotopic (exact) mass is 491 g/mol. The average Bonchev–Trinajstić information content (AvgIpc) is 3.59. The topological polar surface area (TPSA) is 134 Å². The number of carbonyl (C=O) groups is 4. The number of fused-ring (bicyclic) bond motifs is 5. The van der Waals surface area contributed by atoms with E-state index in [1.165, 1.54) is 4.90 Å². The summed E-state index contributed by atoms with van der Waals surface area (Å²) in [7, 11) is 0. The van der Waals surface area contributed by atoms with Gasteiger partial charge in [0.25, 0.3) is 0 Å². The van der Waals surface area contributed by atoms with Crippen molar-refractivity contribution in [1.29, 1.82) is 0 Å². The molecule has 2 aromatic carbocycles. The number of likely N-dealkylation sites (tertiary alicyclic amines) is 1. The minimum Gasteiger partial charge on any atom is -0.481 e. The highest BCUT2D eigenvalue weighted by Gasteiger charge is 2.70. The number of nitrogens with one attached hydrogen (secondary N) is 2. The van der Waals surface area contributed by atoms with Crippen molar-refractivity contribution in [2.24, 2.45) is 11.8 Å². The van der Waals surface area contributed by atoms with E-state index in [0.29, 0.717) is 28.3 Å². The third-order valence-electron chi connectivity index (χ3n) is 7.73. The Kier molecular flexibility index (Phi) is 5.04. The van der Waals surface area contributed by atoms with Crippen LogP contribution in [0.5, 0.6) is 11.5 Å². The normalized spacial score (nSPS) is 27.5. The SMILES string of the molecule is CCc1ccc2c(c1)[C@@]1(N[C@@H](CCC(=O)O)[C@H]3C(=O)N(Cc4ccc5c(c4)OCO5)C(=O)[C@H]31)C(=O)N2. The molecule has 4 heterocycles. The van der Waals surface area contributed by atoms with Crippen LogP contribution in [0.2, 0.25) is 0 Å². The van der Waals surface area contributed by atoms with Gasteiger partial charge in [-0.1, -0.05) is 25.1 Å². The fourth-order valence-corrected chi connectivity index (χ4v) is 6.03. The van der Waals surface area contributed by atoms with Crippen LogP contribution >= 0.6 is 0 Å². The van der Waals surface area contributed by atoms with Gasteiger partial charge in [0, 0.05) is 23.7 Å². The minimum absolute atomic E-state index is 0.0204. The Morgan fingerprint density at radius 3 is 2.64 bits per heavy atom. The molecule has 2 fully saturated rings. The zero-order valence-corrected chi connectivity index (χ0v) is 19.6. The summed E-state index contributed by atoms with van der Waals surface area (Å²) >= 11 is 0. The van der Waals surface area contributed by atoms with Gasteiger partial charge in [0.05, 0.1) is 18.4 Å². The van der Waals surface area contributed by atoms with Crippen LogP contribution in [0.3, 0.4) is 0 Å². The van der Waals surface area contributed by atoms with Crippen LogP contribution in [0.1, 0.15) is 36.5 Å². The average molecular weight is 492 g/mol. The largest absolute Gasteiger partial charge is 0.481 e. The highest BCUT2D eigenvalue weighted by atomic mass is 16.7. The highest BCUT2D eigenvalue weighted by Crippen LogP contribution is 2.54. The first-order chi connectivity index (χ1) is 17.3. The Morgan fingerprint density at radius 1 is 1.08 bits per heavy atom. The third kappa shape index (κ3) is 3.13. The molecular weight excluding hydrogens is 466 g/mol. The van der Waals surface area contributed by atoms with Crippen LogP contribution in [-0.2, 0) is 37.7 Å². The summed E-state index contributed by atoms with van der Waals surface area (Å²) in [5, 5.41) is 15.5. The van der Waals surface area contributed by atoms with Crippen molar-refractivity contribution >= 4 is 29.4 Å². The molecule has 2 aromatic rings. The Morgan fingerprint density at radius 2 is 1.86 bits per heavy atom. The summed E-state index contributed by atoms with van der Waals surface area (Å²) in [5.74, 6) is -2.96. The first-order valence-electron chi connectivity index (χ1n) is 12.0. The van der Waals surface area contributed by atoms with E-state index in [-0.39, 0.29) is 26.2 Å². The molecule has 3 N–H and O–H groups in total. The lowest BCUT2D eigenvalue weighted by Crippen LogP contribution is -2.53. The third-order valence-corrected chi connectivity index (χ3v) is 7.73. The molecule has 0 saturated carbocycles. The maximum absolute atomic E-state index is 13.9. The van der Waals surface area contributed by atoms with Gasteiger partial charge < -0.3 is 19.9 Å². The molecule has 1 spiro atoms. The molecule has 2 saturated heterocycles. The number of rotatable bonds is 6. The fraction of sp³-hybridized carbons (Fsp3) is 0.385. The van der Waals surface area contributed by atoms with Crippen LogP contribution in [0, 0.1) is 11.8 Å². The summed E-state index contributed by atoms with van der Waals surface area (Å²) < 4.78 is 10.8. The van der Waals surface area contributed by atoms with Crippen molar-refractivity contribution in [2.45, 2.75) is 44.3 Å². The molecule has 10 nitrogen and oxygen atoms in total. The van der Waals surface area contributed by atoms with E-state index in [1.54, 1.807) is 18.2 Å². The molecule has 4 atom stereocenters. The summed E-state index contributed by atoms with van der Waals surface area (Å²) in [6.45, 7) is 2.13. The standard InChI is InChI=1S/C26H25N3O7/c1-2-13-3-5-16-15(9-13)26(25(34)27-16)22-21(17(28-26)6-8-20(30)31)23(32)29(24(22)33)11-14-4-7-18-19(10-14)36-12-35-18/h3-5,7,9-10,17,21-22,28H,2,6,8,11-12H2,1H3,(H,27,34)(H,30,31)/t17-,21+,22-,26-/m0/s1. The Labute approximate surface area is 206 Å². The van der Waals surface area contributed by atoms with Crippen molar-refractivity contribution in [1.82, 2.24) is 10.2 Å². The predicted molar refractivity (Wildman–Crippen MR) is 125 cm³/mol. The number of carbonyl (C=O) groups excluding carboxylic acids is 3. The molecule has 186 valence electrons. The Balaban J connectivity index is 1.41. The smallest absolute Gasteiger partial charge is 0.303 e. The number of ether oxygens (including phenoxy) is 2. The lowest BCUT2D eigenvalue weighted by Gasteiger charge is -2.29. The molecular formula is C26H25N3O7. The van der Waals surface area contributed by atoms with Gasteiger partial charge in [0.1, 0.15) is 5.54 Å². The van der Waals surface area contributed by atoms with Gasteiger partial charge >= 0.3 is 5.97 Å². The molecule has 0 radical (unpaired) electrons. The summed E-state index contributed by atoms with van der Waals surface area (Å²) in [6, 6.07) is 10.2. The van der Waals surface area contributed by atoms with E-state index in [1.807, 2.05) is 25.1 Å². The first-order valence-corrected chi connectivity index (χ1v) is 12.0. The zero-order chi connectivity index (χ0) is 25.2. The molecule has 0 bridgehead atoms. The number of aryl methyl sites for hydroxylation is 1. The van der Waals surface area contributed by atoms with Gasteiger partial charge in [-0.3, -0.25) is 29.4 Å². The van der Waals surface area contributed by atoms with Gasteiger partial charge in [-0.15, -0.1) is 0 Å². The second kappa shape index (κ2) is 8.06. The number of benzene rings is 2. The van der Waals surface area contributed by atoms with Gasteiger partial charge in [0.15, 0.2) is 11.5 Å². The van der Waals surface area contributed by atoms with Gasteiger partial charge in [0.2, 0.25) is 24.5 Å². The number of carboxylic acids is 1.